The maximum atomic E-state index is 11.8. The van der Waals surface area contributed by atoms with Gasteiger partial charge in [-0.25, -0.2) is 9.78 Å². The van der Waals surface area contributed by atoms with Crippen LogP contribution in [-0.2, 0) is 4.74 Å². The zero-order chi connectivity index (χ0) is 20.9. The van der Waals surface area contributed by atoms with Gasteiger partial charge < -0.3 is 20.1 Å². The molecule has 0 saturated heterocycles. The summed E-state index contributed by atoms with van der Waals surface area (Å²) in [6.07, 6.45) is 4.00. The Bertz CT molecular complexity index is 808. The number of aromatic nitrogens is 1. The summed E-state index contributed by atoms with van der Waals surface area (Å²) in [6, 6.07) is 8.39. The molecule has 1 aliphatic rings. The zero-order valence-electron chi connectivity index (χ0n) is 17.7. The number of benzene rings is 1. The third-order valence-electron chi connectivity index (χ3n) is 4.98. The highest BCUT2D eigenvalue weighted by Crippen LogP contribution is 2.30. The summed E-state index contributed by atoms with van der Waals surface area (Å²) in [7, 11) is 1.67. The van der Waals surface area contributed by atoms with Crippen LogP contribution in [-0.4, -0.2) is 36.4 Å². The van der Waals surface area contributed by atoms with Gasteiger partial charge in [-0.05, 0) is 64.5 Å². The number of rotatable bonds is 6. The number of methoxy groups -OCH3 is 1. The van der Waals surface area contributed by atoms with Crippen molar-refractivity contribution >= 4 is 22.6 Å². The Morgan fingerprint density at radius 3 is 2.69 bits per heavy atom. The van der Waals surface area contributed by atoms with E-state index in [0.29, 0.717) is 18.5 Å². The molecule has 6 nitrogen and oxygen atoms in total. The minimum absolute atomic E-state index is 0.328. The topological polar surface area (TPSA) is 72.5 Å². The Balaban J connectivity index is 1.44. The molecule has 0 atom stereocenters. The monoisotopic (exact) mass is 417 g/mol. The largest absolute Gasteiger partial charge is 0.497 e. The van der Waals surface area contributed by atoms with Crippen molar-refractivity contribution in [3.05, 3.63) is 29.6 Å². The van der Waals surface area contributed by atoms with E-state index in [9.17, 15) is 4.79 Å². The Hall–Kier alpha value is -2.28. The molecule has 3 rings (SSSR count). The smallest absolute Gasteiger partial charge is 0.407 e. The minimum atomic E-state index is -0.455. The molecule has 2 N–H and O–H groups in total. The summed E-state index contributed by atoms with van der Waals surface area (Å²) >= 11 is 1.64. The maximum Gasteiger partial charge on any atom is 0.407 e. The molecule has 1 fully saturated rings. The number of thiazole rings is 1. The minimum Gasteiger partial charge on any atom is -0.497 e. The van der Waals surface area contributed by atoms with Gasteiger partial charge in [0.1, 0.15) is 11.4 Å². The van der Waals surface area contributed by atoms with Crippen LogP contribution in [0, 0.1) is 5.92 Å². The Morgan fingerprint density at radius 1 is 1.24 bits per heavy atom. The summed E-state index contributed by atoms with van der Waals surface area (Å²) in [4.78, 5) is 16.5. The van der Waals surface area contributed by atoms with Crippen molar-refractivity contribution in [2.45, 2.75) is 58.1 Å². The first-order valence-electron chi connectivity index (χ1n) is 10.2. The molecule has 1 aromatic carbocycles. The van der Waals surface area contributed by atoms with Gasteiger partial charge in [0, 0.05) is 23.5 Å². The average Bonchev–Trinajstić information content (AvgIpc) is 3.15. The summed E-state index contributed by atoms with van der Waals surface area (Å²) in [6.45, 7) is 6.31. The number of anilines is 1. The molecule has 1 aromatic heterocycles. The summed E-state index contributed by atoms with van der Waals surface area (Å²) in [5, 5.41) is 9.52. The Morgan fingerprint density at radius 2 is 2.00 bits per heavy atom. The van der Waals surface area contributed by atoms with Gasteiger partial charge in [-0.2, -0.15) is 0 Å². The first-order valence-corrected chi connectivity index (χ1v) is 11.0. The van der Waals surface area contributed by atoms with Crippen molar-refractivity contribution in [3.63, 3.8) is 0 Å². The van der Waals surface area contributed by atoms with Crippen molar-refractivity contribution in [1.82, 2.24) is 10.3 Å². The fraction of sp³-hybridized carbons (Fsp3) is 0.545. The van der Waals surface area contributed by atoms with E-state index in [1.807, 2.05) is 45.0 Å². The predicted molar refractivity (Wildman–Crippen MR) is 118 cm³/mol. The SMILES string of the molecule is COc1cccc(-c2csc(NC3CCC(CNC(=O)OC(C)(C)C)CC3)n2)c1. The van der Waals surface area contributed by atoms with Crippen LogP contribution >= 0.6 is 11.3 Å². The van der Waals surface area contributed by atoms with Gasteiger partial charge in [-0.3, -0.25) is 0 Å². The van der Waals surface area contributed by atoms with Gasteiger partial charge in [0.15, 0.2) is 5.13 Å². The number of amides is 1. The third kappa shape index (κ3) is 6.63. The van der Waals surface area contributed by atoms with E-state index in [4.69, 9.17) is 14.5 Å². The van der Waals surface area contributed by atoms with E-state index >= 15 is 0 Å². The molecular weight excluding hydrogens is 386 g/mol. The number of carbonyl (C=O) groups excluding carboxylic acids is 1. The van der Waals surface area contributed by atoms with E-state index in [0.717, 1.165) is 47.8 Å². The lowest BCUT2D eigenvalue weighted by molar-refractivity contribution is 0.0515. The van der Waals surface area contributed by atoms with Crippen molar-refractivity contribution in [2.75, 3.05) is 19.0 Å². The van der Waals surface area contributed by atoms with Crippen LogP contribution in [0.5, 0.6) is 5.75 Å². The van der Waals surface area contributed by atoms with E-state index < -0.39 is 5.60 Å². The molecule has 7 heteroatoms. The maximum absolute atomic E-state index is 11.8. The van der Waals surface area contributed by atoms with Crippen LogP contribution in [0.1, 0.15) is 46.5 Å². The molecule has 0 bridgehead atoms. The molecule has 0 radical (unpaired) electrons. The standard InChI is InChI=1S/C22H31N3O3S/c1-22(2,3)28-21(26)23-13-15-8-10-17(11-9-15)24-20-25-19(14-29-20)16-6-5-7-18(12-16)27-4/h5-7,12,14-15,17H,8-11,13H2,1-4H3,(H,23,26)(H,24,25). The van der Waals surface area contributed by atoms with E-state index in [2.05, 4.69) is 16.0 Å². The van der Waals surface area contributed by atoms with Crippen LogP contribution < -0.4 is 15.4 Å². The van der Waals surface area contributed by atoms with Crippen LogP contribution in [0.15, 0.2) is 29.6 Å². The summed E-state index contributed by atoms with van der Waals surface area (Å²) in [5.74, 6) is 1.34. The summed E-state index contributed by atoms with van der Waals surface area (Å²) < 4.78 is 10.6. The fourth-order valence-corrected chi connectivity index (χ4v) is 4.28. The molecule has 0 unspecified atom stereocenters. The van der Waals surface area contributed by atoms with Crippen molar-refractivity contribution in [3.8, 4) is 17.0 Å². The van der Waals surface area contributed by atoms with Gasteiger partial charge >= 0.3 is 6.09 Å². The van der Waals surface area contributed by atoms with E-state index in [1.54, 1.807) is 18.4 Å². The Labute approximate surface area is 177 Å². The fourth-order valence-electron chi connectivity index (χ4n) is 3.48. The average molecular weight is 418 g/mol. The van der Waals surface area contributed by atoms with Gasteiger partial charge in [-0.15, -0.1) is 11.3 Å². The van der Waals surface area contributed by atoms with Gasteiger partial charge in [0.25, 0.3) is 0 Å². The first-order chi connectivity index (χ1) is 13.8. The molecule has 1 aliphatic carbocycles. The number of alkyl carbamates (subject to hydrolysis) is 1. The molecule has 0 spiro atoms. The lowest BCUT2D eigenvalue weighted by Gasteiger charge is -2.29. The highest BCUT2D eigenvalue weighted by atomic mass is 32.1. The van der Waals surface area contributed by atoms with E-state index in [1.165, 1.54) is 0 Å². The van der Waals surface area contributed by atoms with Crippen molar-refractivity contribution < 1.29 is 14.3 Å². The molecule has 29 heavy (non-hydrogen) atoms. The second-order valence-corrected chi connectivity index (χ2v) is 9.37. The number of hydrogen-bond donors (Lipinski definition) is 2. The number of ether oxygens (including phenoxy) is 2. The van der Waals surface area contributed by atoms with E-state index in [-0.39, 0.29) is 6.09 Å². The highest BCUT2D eigenvalue weighted by molar-refractivity contribution is 7.14. The molecule has 0 aliphatic heterocycles. The lowest BCUT2D eigenvalue weighted by atomic mass is 9.86. The van der Waals surface area contributed by atoms with Crippen LogP contribution in [0.4, 0.5) is 9.93 Å². The lowest BCUT2D eigenvalue weighted by Crippen LogP contribution is -2.37. The molecule has 1 heterocycles. The molecule has 1 amide bonds. The normalized spacial score (nSPS) is 19.4. The van der Waals surface area contributed by atoms with Gasteiger partial charge in [0.2, 0.25) is 0 Å². The van der Waals surface area contributed by atoms with Crippen LogP contribution in [0.2, 0.25) is 0 Å². The van der Waals surface area contributed by atoms with Gasteiger partial charge in [0.05, 0.1) is 12.8 Å². The zero-order valence-corrected chi connectivity index (χ0v) is 18.5. The van der Waals surface area contributed by atoms with Crippen LogP contribution in [0.25, 0.3) is 11.3 Å². The number of carbonyl (C=O) groups is 1. The molecule has 1 saturated carbocycles. The third-order valence-corrected chi connectivity index (χ3v) is 5.75. The predicted octanol–water partition coefficient (Wildman–Crippen LogP) is 5.31. The highest BCUT2D eigenvalue weighted by Gasteiger charge is 2.23. The summed E-state index contributed by atoms with van der Waals surface area (Å²) in [5.41, 5.74) is 1.57. The first kappa shape index (κ1) is 21.4. The second-order valence-electron chi connectivity index (χ2n) is 8.51. The number of hydrogen-bond acceptors (Lipinski definition) is 6. The molecule has 158 valence electrons. The molecular formula is C22H31N3O3S. The van der Waals surface area contributed by atoms with Crippen LogP contribution in [0.3, 0.4) is 0 Å². The van der Waals surface area contributed by atoms with Crippen molar-refractivity contribution in [2.24, 2.45) is 5.92 Å². The number of nitrogens with zero attached hydrogens (tertiary/aromatic N) is 1. The Kier molecular flexibility index (Phi) is 7.00. The molecule has 2 aromatic rings. The van der Waals surface area contributed by atoms with Crippen molar-refractivity contribution in [1.29, 1.82) is 0 Å². The van der Waals surface area contributed by atoms with Gasteiger partial charge in [-0.1, -0.05) is 12.1 Å². The number of nitrogens with one attached hydrogen (secondary N) is 2. The second kappa shape index (κ2) is 9.48. The quantitative estimate of drug-likeness (QED) is 0.666.